The van der Waals surface area contributed by atoms with E-state index in [9.17, 15) is 9.59 Å². The number of esters is 1. The van der Waals surface area contributed by atoms with Gasteiger partial charge >= 0.3 is 12.1 Å². The first kappa shape index (κ1) is 31.2. The second kappa shape index (κ2) is 16.7. The molecule has 0 spiro atoms. The second-order valence-corrected chi connectivity index (χ2v) is 11.2. The predicted octanol–water partition coefficient (Wildman–Crippen LogP) is 6.60. The van der Waals surface area contributed by atoms with Crippen LogP contribution in [0, 0.1) is 0 Å². The lowest BCUT2D eigenvalue weighted by atomic mass is 10.2. The minimum Gasteiger partial charge on any atom is -0.459 e. The first-order valence-corrected chi connectivity index (χ1v) is 14.5. The van der Waals surface area contributed by atoms with Crippen LogP contribution in [0.15, 0.2) is 91.0 Å². The highest BCUT2D eigenvalue weighted by molar-refractivity contribution is 7.44. The van der Waals surface area contributed by atoms with Gasteiger partial charge in [-0.3, -0.25) is 0 Å². The van der Waals surface area contributed by atoms with Crippen molar-refractivity contribution in [2.24, 2.45) is 0 Å². The third-order valence-corrected chi connectivity index (χ3v) is 7.82. The van der Waals surface area contributed by atoms with Crippen molar-refractivity contribution in [3.8, 4) is 0 Å². The van der Waals surface area contributed by atoms with E-state index in [-0.39, 0.29) is 31.9 Å². The molecule has 214 valence electrons. The smallest absolute Gasteiger partial charge is 0.408 e. The van der Waals surface area contributed by atoms with E-state index in [2.05, 4.69) is 37.7 Å². The van der Waals surface area contributed by atoms with Crippen LogP contribution in [0.3, 0.4) is 0 Å². The van der Waals surface area contributed by atoms with E-state index >= 15 is 0 Å². The molecular formula is C31H39N2O6P. The van der Waals surface area contributed by atoms with E-state index in [0.717, 1.165) is 16.7 Å². The summed E-state index contributed by atoms with van der Waals surface area (Å²) in [6.45, 7) is 8.60. The third kappa shape index (κ3) is 10.7. The van der Waals surface area contributed by atoms with Gasteiger partial charge in [-0.15, -0.1) is 0 Å². The van der Waals surface area contributed by atoms with Crippen LogP contribution in [-0.4, -0.2) is 41.5 Å². The van der Waals surface area contributed by atoms with E-state index in [1.165, 1.54) is 0 Å². The highest BCUT2D eigenvalue weighted by Gasteiger charge is 2.31. The Balaban J connectivity index is 1.70. The maximum Gasteiger partial charge on any atom is 0.408 e. The molecule has 2 atom stereocenters. The highest BCUT2D eigenvalue weighted by atomic mass is 31.2. The van der Waals surface area contributed by atoms with Crippen LogP contribution in [-0.2, 0) is 43.1 Å². The monoisotopic (exact) mass is 566 g/mol. The number of carbonyl (C=O) groups excluding carboxylic acids is 2. The largest absolute Gasteiger partial charge is 0.459 e. The topological polar surface area (TPSA) is 86.3 Å². The second-order valence-electron chi connectivity index (χ2n) is 9.71. The molecule has 40 heavy (non-hydrogen) atoms. The molecule has 0 aromatic heterocycles. The minimum absolute atomic E-state index is 0.0697. The standard InChI is InChI=1S/C31H39N2O6P/c1-24(2)33(25(3)4)40(38-22-28-18-12-7-13-19-28)39-23-29(30(34)36-20-26-14-8-5-9-15-26)32-31(35)37-21-27-16-10-6-11-17-27/h5-19,24-25,29H,20-23H2,1-4H3,(H,32,35)/t29-,40?/m0/s1. The normalized spacial score (nSPS) is 12.8. The van der Waals surface area contributed by atoms with E-state index < -0.39 is 26.6 Å². The van der Waals surface area contributed by atoms with Gasteiger partial charge in [-0.1, -0.05) is 91.0 Å². The molecular weight excluding hydrogens is 527 g/mol. The average Bonchev–Trinajstić information content (AvgIpc) is 2.96. The van der Waals surface area contributed by atoms with E-state index in [4.69, 9.17) is 18.5 Å². The Kier molecular flexibility index (Phi) is 13.1. The molecule has 0 bridgehead atoms. The minimum atomic E-state index is -1.57. The Hall–Kier alpha value is -3.29. The molecule has 0 aliphatic carbocycles. The van der Waals surface area contributed by atoms with Crippen molar-refractivity contribution < 1.29 is 28.1 Å². The van der Waals surface area contributed by atoms with Crippen LogP contribution < -0.4 is 5.32 Å². The van der Waals surface area contributed by atoms with Gasteiger partial charge in [0.1, 0.15) is 13.2 Å². The first-order valence-electron chi connectivity index (χ1n) is 13.4. The molecule has 0 aliphatic heterocycles. The number of nitrogens with zero attached hydrogens (tertiary/aromatic N) is 1. The van der Waals surface area contributed by atoms with Gasteiger partial charge in [0.15, 0.2) is 6.04 Å². The summed E-state index contributed by atoms with van der Waals surface area (Å²) in [5.74, 6) is -0.626. The van der Waals surface area contributed by atoms with Crippen molar-refractivity contribution in [3.05, 3.63) is 108 Å². The fourth-order valence-corrected chi connectivity index (χ4v) is 5.52. The molecule has 3 rings (SSSR count). The van der Waals surface area contributed by atoms with E-state index in [1.54, 1.807) is 0 Å². The lowest BCUT2D eigenvalue weighted by molar-refractivity contribution is -0.148. The summed E-state index contributed by atoms with van der Waals surface area (Å²) >= 11 is 0. The lowest BCUT2D eigenvalue weighted by Gasteiger charge is -2.36. The van der Waals surface area contributed by atoms with Gasteiger partial charge < -0.3 is 23.8 Å². The molecule has 1 N–H and O–H groups in total. The van der Waals surface area contributed by atoms with Crippen molar-refractivity contribution >= 4 is 20.6 Å². The van der Waals surface area contributed by atoms with Crippen molar-refractivity contribution in [1.29, 1.82) is 0 Å². The number of amides is 1. The van der Waals surface area contributed by atoms with Crippen LogP contribution in [0.4, 0.5) is 4.79 Å². The summed E-state index contributed by atoms with van der Waals surface area (Å²) in [5, 5.41) is 2.63. The quantitative estimate of drug-likeness (QED) is 0.164. The van der Waals surface area contributed by atoms with Crippen LogP contribution in [0.2, 0.25) is 0 Å². The number of hydrogen-bond donors (Lipinski definition) is 1. The number of alkyl carbamates (subject to hydrolysis) is 1. The Morgan fingerprint density at radius 2 is 1.12 bits per heavy atom. The molecule has 9 heteroatoms. The van der Waals surface area contributed by atoms with Crippen LogP contribution in [0.1, 0.15) is 44.4 Å². The Labute approximate surface area is 238 Å². The highest BCUT2D eigenvalue weighted by Crippen LogP contribution is 2.46. The number of hydrogen-bond acceptors (Lipinski definition) is 7. The fraction of sp³-hybridized carbons (Fsp3) is 0.355. The van der Waals surface area contributed by atoms with Gasteiger partial charge in [-0.05, 0) is 44.4 Å². The SMILES string of the molecule is CC(C)N(C(C)C)P(OCc1ccccc1)OC[C@H](NC(=O)OCc1ccccc1)C(=O)OCc1ccccc1. The summed E-state index contributed by atoms with van der Waals surface area (Å²) < 4.78 is 25.5. The zero-order valence-electron chi connectivity index (χ0n) is 23.6. The van der Waals surface area contributed by atoms with Crippen molar-refractivity contribution in [2.75, 3.05) is 6.61 Å². The molecule has 0 radical (unpaired) electrons. The molecule has 0 fully saturated rings. The van der Waals surface area contributed by atoms with Gasteiger partial charge in [0.25, 0.3) is 8.53 Å². The number of nitrogens with one attached hydrogen (secondary N) is 1. The molecule has 8 nitrogen and oxygen atoms in total. The molecule has 1 amide bonds. The van der Waals surface area contributed by atoms with Crippen molar-refractivity contribution in [3.63, 3.8) is 0 Å². The molecule has 0 saturated carbocycles. The van der Waals surface area contributed by atoms with Gasteiger partial charge in [-0.25, -0.2) is 14.3 Å². The summed E-state index contributed by atoms with van der Waals surface area (Å²) in [6.07, 6.45) is -0.742. The summed E-state index contributed by atoms with van der Waals surface area (Å²) in [7, 11) is -1.57. The number of benzene rings is 3. The Bertz CT molecular complexity index is 1140. The molecule has 1 unspecified atom stereocenters. The molecule has 3 aromatic carbocycles. The average molecular weight is 567 g/mol. The van der Waals surface area contributed by atoms with Gasteiger partial charge in [0, 0.05) is 12.1 Å². The van der Waals surface area contributed by atoms with Crippen molar-refractivity contribution in [1.82, 2.24) is 9.99 Å². The first-order chi connectivity index (χ1) is 19.3. The zero-order valence-corrected chi connectivity index (χ0v) is 24.5. The summed E-state index contributed by atoms with van der Waals surface area (Å²) in [6, 6.07) is 27.6. The Morgan fingerprint density at radius 1 is 0.675 bits per heavy atom. The molecule has 3 aromatic rings. The summed E-state index contributed by atoms with van der Waals surface area (Å²) in [5.41, 5.74) is 2.67. The maximum atomic E-state index is 13.1. The zero-order chi connectivity index (χ0) is 28.7. The predicted molar refractivity (Wildman–Crippen MR) is 156 cm³/mol. The van der Waals surface area contributed by atoms with E-state index in [0.29, 0.717) is 6.61 Å². The Morgan fingerprint density at radius 3 is 1.60 bits per heavy atom. The summed E-state index contributed by atoms with van der Waals surface area (Å²) in [4.78, 5) is 25.8. The lowest BCUT2D eigenvalue weighted by Crippen LogP contribution is -2.45. The number of rotatable bonds is 15. The number of ether oxygens (including phenoxy) is 2. The molecule has 0 saturated heterocycles. The third-order valence-electron chi connectivity index (χ3n) is 5.80. The maximum absolute atomic E-state index is 13.1. The number of carbonyl (C=O) groups is 2. The molecule has 0 aliphatic rings. The van der Waals surface area contributed by atoms with Crippen molar-refractivity contribution in [2.45, 2.75) is 65.6 Å². The molecule has 0 heterocycles. The van der Waals surface area contributed by atoms with Crippen LogP contribution in [0.25, 0.3) is 0 Å². The van der Waals surface area contributed by atoms with Gasteiger partial charge in [0.05, 0.1) is 13.2 Å². The van der Waals surface area contributed by atoms with Gasteiger partial charge in [-0.2, -0.15) is 0 Å². The van der Waals surface area contributed by atoms with Crippen LogP contribution >= 0.6 is 8.53 Å². The fourth-order valence-electron chi connectivity index (χ4n) is 3.89. The van der Waals surface area contributed by atoms with Gasteiger partial charge in [0.2, 0.25) is 0 Å². The van der Waals surface area contributed by atoms with Crippen LogP contribution in [0.5, 0.6) is 0 Å². The van der Waals surface area contributed by atoms with E-state index in [1.807, 2.05) is 91.0 Å².